The minimum atomic E-state index is -0.610. The first-order valence-electron chi connectivity index (χ1n) is 4.20. The van der Waals surface area contributed by atoms with Crippen LogP contribution in [0.3, 0.4) is 0 Å². The van der Waals surface area contributed by atoms with Crippen LogP contribution in [0, 0.1) is 10.1 Å². The summed E-state index contributed by atoms with van der Waals surface area (Å²) in [6, 6.07) is 3.89. The van der Waals surface area contributed by atoms with Crippen molar-refractivity contribution in [1.29, 1.82) is 0 Å². The summed E-state index contributed by atoms with van der Waals surface area (Å²) in [6.45, 7) is -0.610. The van der Waals surface area contributed by atoms with Crippen LogP contribution >= 0.6 is 0 Å². The zero-order chi connectivity index (χ0) is 11.4. The number of rotatable bonds is 4. The Morgan fingerprint density at radius 2 is 2.27 bits per heavy atom. The Morgan fingerprint density at radius 1 is 1.60 bits per heavy atom. The van der Waals surface area contributed by atoms with Crippen molar-refractivity contribution in [2.45, 2.75) is 0 Å². The lowest BCUT2D eigenvalue weighted by Crippen LogP contribution is -2.06. The standard InChI is InChI=1S/C9H10N2O4/c1-10-7-4-6(9(13)5-12)2-3-8(7)11(14)15/h2-4,10,12H,5H2,1H3. The SMILES string of the molecule is CNc1cc(C(=O)CO)ccc1[N+](=O)[O-]. The number of Topliss-reactive ketones (excluding diaryl/α,β-unsaturated/α-hetero) is 1. The molecule has 0 saturated carbocycles. The third kappa shape index (κ3) is 2.29. The molecule has 0 spiro atoms. The number of carbonyl (C=O) groups excluding carboxylic acids is 1. The van der Waals surface area contributed by atoms with Crippen molar-refractivity contribution in [1.82, 2.24) is 0 Å². The second-order valence-electron chi connectivity index (χ2n) is 2.82. The first-order valence-corrected chi connectivity index (χ1v) is 4.20. The van der Waals surface area contributed by atoms with Gasteiger partial charge in [-0.25, -0.2) is 0 Å². The van der Waals surface area contributed by atoms with Crippen molar-refractivity contribution >= 4 is 17.2 Å². The van der Waals surface area contributed by atoms with Gasteiger partial charge >= 0.3 is 0 Å². The summed E-state index contributed by atoms with van der Waals surface area (Å²) < 4.78 is 0. The Balaban J connectivity index is 3.19. The van der Waals surface area contributed by atoms with E-state index in [0.717, 1.165) is 0 Å². The maximum Gasteiger partial charge on any atom is 0.292 e. The number of ketones is 1. The number of nitro groups is 1. The van der Waals surface area contributed by atoms with Gasteiger partial charge in [0.1, 0.15) is 12.3 Å². The Labute approximate surface area is 85.7 Å². The minimum Gasteiger partial charge on any atom is -0.388 e. The zero-order valence-corrected chi connectivity index (χ0v) is 8.06. The van der Waals surface area contributed by atoms with E-state index >= 15 is 0 Å². The molecule has 6 heteroatoms. The molecule has 2 N–H and O–H groups in total. The highest BCUT2D eigenvalue weighted by Crippen LogP contribution is 2.24. The van der Waals surface area contributed by atoms with Crippen molar-refractivity contribution in [3.63, 3.8) is 0 Å². The van der Waals surface area contributed by atoms with Crippen LogP contribution in [-0.4, -0.2) is 29.5 Å². The van der Waals surface area contributed by atoms with Crippen LogP contribution in [0.1, 0.15) is 10.4 Å². The highest BCUT2D eigenvalue weighted by molar-refractivity contribution is 5.98. The van der Waals surface area contributed by atoms with Crippen LogP contribution in [0.25, 0.3) is 0 Å². The predicted octanol–water partition coefficient (Wildman–Crippen LogP) is 0.811. The number of hydrogen-bond donors (Lipinski definition) is 2. The molecule has 15 heavy (non-hydrogen) atoms. The fraction of sp³-hybridized carbons (Fsp3) is 0.222. The summed E-state index contributed by atoms with van der Waals surface area (Å²) in [5, 5.41) is 21.8. The van der Waals surface area contributed by atoms with E-state index < -0.39 is 17.3 Å². The van der Waals surface area contributed by atoms with E-state index in [9.17, 15) is 14.9 Å². The Morgan fingerprint density at radius 3 is 2.73 bits per heavy atom. The number of nitrogens with zero attached hydrogens (tertiary/aromatic N) is 1. The van der Waals surface area contributed by atoms with E-state index in [1.807, 2.05) is 0 Å². The third-order valence-electron chi connectivity index (χ3n) is 1.93. The molecule has 0 fully saturated rings. The number of anilines is 1. The molecule has 1 aromatic rings. The highest BCUT2D eigenvalue weighted by atomic mass is 16.6. The van der Waals surface area contributed by atoms with Gasteiger partial charge in [-0.2, -0.15) is 0 Å². The van der Waals surface area contributed by atoms with Gasteiger partial charge in [-0.15, -0.1) is 0 Å². The van der Waals surface area contributed by atoms with Crippen molar-refractivity contribution in [2.24, 2.45) is 0 Å². The highest BCUT2D eigenvalue weighted by Gasteiger charge is 2.15. The Hall–Kier alpha value is -1.95. The number of hydrogen-bond acceptors (Lipinski definition) is 5. The molecule has 0 heterocycles. The molecule has 0 aliphatic rings. The number of nitro benzene ring substituents is 1. The molecule has 0 atom stereocenters. The number of nitrogens with one attached hydrogen (secondary N) is 1. The topological polar surface area (TPSA) is 92.5 Å². The molecule has 80 valence electrons. The normalized spacial score (nSPS) is 9.73. The summed E-state index contributed by atoms with van der Waals surface area (Å²) >= 11 is 0. The summed E-state index contributed by atoms with van der Waals surface area (Å²) in [4.78, 5) is 21.1. The van der Waals surface area contributed by atoms with E-state index in [1.54, 1.807) is 0 Å². The fourth-order valence-electron chi connectivity index (χ4n) is 1.16. The van der Waals surface area contributed by atoms with Crippen LogP contribution in [0.15, 0.2) is 18.2 Å². The van der Waals surface area contributed by atoms with Crippen LogP contribution < -0.4 is 5.32 Å². The number of carbonyl (C=O) groups is 1. The Kier molecular flexibility index (Phi) is 3.35. The van der Waals surface area contributed by atoms with Gasteiger partial charge in [0, 0.05) is 18.7 Å². The van der Waals surface area contributed by atoms with Crippen LogP contribution in [0.4, 0.5) is 11.4 Å². The van der Waals surface area contributed by atoms with Gasteiger partial charge in [0.15, 0.2) is 5.78 Å². The van der Waals surface area contributed by atoms with Gasteiger partial charge in [0.05, 0.1) is 4.92 Å². The van der Waals surface area contributed by atoms with Crippen molar-refractivity contribution < 1.29 is 14.8 Å². The lowest BCUT2D eigenvalue weighted by Gasteiger charge is -2.03. The minimum absolute atomic E-state index is 0.105. The zero-order valence-electron chi connectivity index (χ0n) is 8.06. The second kappa shape index (κ2) is 4.52. The molecule has 0 unspecified atom stereocenters. The van der Waals surface area contributed by atoms with Crippen molar-refractivity contribution in [2.75, 3.05) is 19.0 Å². The van der Waals surface area contributed by atoms with Crippen LogP contribution in [0.5, 0.6) is 0 Å². The average Bonchev–Trinajstić information content (AvgIpc) is 2.26. The summed E-state index contributed by atoms with van der Waals surface area (Å²) in [6.07, 6.45) is 0. The quantitative estimate of drug-likeness (QED) is 0.436. The molecule has 0 aliphatic heterocycles. The van der Waals surface area contributed by atoms with E-state index in [-0.39, 0.29) is 16.9 Å². The molecule has 1 rings (SSSR count). The monoisotopic (exact) mass is 210 g/mol. The number of aliphatic hydroxyl groups is 1. The van der Waals surface area contributed by atoms with Gasteiger partial charge in [-0.3, -0.25) is 14.9 Å². The summed E-state index contributed by atoms with van der Waals surface area (Å²) in [5.41, 5.74) is 0.388. The van der Waals surface area contributed by atoms with Crippen molar-refractivity contribution in [3.05, 3.63) is 33.9 Å². The molecular formula is C9H10N2O4. The number of benzene rings is 1. The third-order valence-corrected chi connectivity index (χ3v) is 1.93. The molecular weight excluding hydrogens is 200 g/mol. The Bertz CT molecular complexity index is 403. The van der Waals surface area contributed by atoms with Crippen LogP contribution in [-0.2, 0) is 0 Å². The molecule has 0 aliphatic carbocycles. The number of aliphatic hydroxyl groups excluding tert-OH is 1. The fourth-order valence-corrected chi connectivity index (χ4v) is 1.16. The lowest BCUT2D eigenvalue weighted by atomic mass is 10.1. The van der Waals surface area contributed by atoms with Gasteiger partial charge < -0.3 is 10.4 Å². The molecule has 0 amide bonds. The first-order chi connectivity index (χ1) is 7.10. The van der Waals surface area contributed by atoms with Crippen molar-refractivity contribution in [3.8, 4) is 0 Å². The van der Waals surface area contributed by atoms with E-state index in [4.69, 9.17) is 5.11 Å². The largest absolute Gasteiger partial charge is 0.388 e. The van der Waals surface area contributed by atoms with E-state index in [0.29, 0.717) is 0 Å². The molecule has 0 bridgehead atoms. The van der Waals surface area contributed by atoms with Gasteiger partial charge in [0.25, 0.3) is 5.69 Å². The van der Waals surface area contributed by atoms with Gasteiger partial charge in [-0.05, 0) is 12.1 Å². The molecule has 6 nitrogen and oxygen atoms in total. The van der Waals surface area contributed by atoms with Gasteiger partial charge in [-0.1, -0.05) is 0 Å². The molecule has 1 aromatic carbocycles. The maximum absolute atomic E-state index is 11.1. The molecule has 0 aromatic heterocycles. The average molecular weight is 210 g/mol. The van der Waals surface area contributed by atoms with Gasteiger partial charge in [0.2, 0.25) is 0 Å². The summed E-state index contributed by atoms with van der Waals surface area (Å²) in [5.74, 6) is -0.471. The summed E-state index contributed by atoms with van der Waals surface area (Å²) in [7, 11) is 1.52. The first kappa shape index (κ1) is 11.1. The smallest absolute Gasteiger partial charge is 0.292 e. The maximum atomic E-state index is 11.1. The lowest BCUT2D eigenvalue weighted by molar-refractivity contribution is -0.383. The molecule has 0 radical (unpaired) electrons. The van der Waals surface area contributed by atoms with Crippen LogP contribution in [0.2, 0.25) is 0 Å². The van der Waals surface area contributed by atoms with E-state index in [1.165, 1.54) is 25.2 Å². The van der Waals surface area contributed by atoms with E-state index in [2.05, 4.69) is 5.32 Å². The second-order valence-corrected chi connectivity index (χ2v) is 2.82. The predicted molar refractivity (Wildman–Crippen MR) is 54.1 cm³/mol. The molecule has 0 saturated heterocycles.